The summed E-state index contributed by atoms with van der Waals surface area (Å²) in [5.41, 5.74) is -0.212. The molecule has 1 N–H and O–H groups in total. The van der Waals surface area contributed by atoms with Gasteiger partial charge >= 0.3 is 5.97 Å². The van der Waals surface area contributed by atoms with Crippen LogP contribution in [0, 0.1) is 0 Å². The van der Waals surface area contributed by atoms with Gasteiger partial charge in [-0.25, -0.2) is 4.79 Å². The van der Waals surface area contributed by atoms with Crippen LogP contribution in [0.2, 0.25) is 0 Å². The van der Waals surface area contributed by atoms with Gasteiger partial charge in [0.25, 0.3) is 6.29 Å². The molecule has 1 aromatic rings. The van der Waals surface area contributed by atoms with Gasteiger partial charge in [0, 0.05) is 0 Å². The van der Waals surface area contributed by atoms with Crippen molar-refractivity contribution in [1.82, 2.24) is 0 Å². The number of hydrogen-bond acceptors (Lipinski definition) is 5. The predicted octanol–water partition coefficient (Wildman–Crippen LogP) is 0.195. The zero-order valence-electron chi connectivity index (χ0n) is 6.97. The van der Waals surface area contributed by atoms with E-state index in [0.717, 1.165) is 0 Å². The molecule has 14 heavy (non-hydrogen) atoms. The Balaban J connectivity index is 2.63. The minimum atomic E-state index is -1.18. The Labute approximate surface area is 78.8 Å². The minimum Gasteiger partial charge on any atom is -0.479 e. The number of nitrogens with zero attached hydrogens (tertiary/aromatic N) is 1. The smallest absolute Gasteiger partial charge is 0.344 e. The van der Waals surface area contributed by atoms with E-state index in [9.17, 15) is 9.59 Å². The maximum atomic E-state index is 10.3. The van der Waals surface area contributed by atoms with Gasteiger partial charge in [0.1, 0.15) is 0 Å². The largest absolute Gasteiger partial charge is 0.479 e. The molecule has 6 heteroatoms. The Kier molecular flexibility index (Phi) is 3.42. The summed E-state index contributed by atoms with van der Waals surface area (Å²) in [6.45, 7) is -0.619. The molecule has 0 aliphatic rings. The summed E-state index contributed by atoms with van der Waals surface area (Å²) in [5, 5.41) is 11.5. The quantitative estimate of drug-likeness (QED) is 0.536. The van der Waals surface area contributed by atoms with Crippen LogP contribution in [0.3, 0.4) is 0 Å². The molecular weight excluding hydrogens is 190 g/mol. The van der Waals surface area contributed by atoms with Crippen LogP contribution in [0.1, 0.15) is 5.76 Å². The van der Waals surface area contributed by atoms with Gasteiger partial charge in [0.15, 0.2) is 11.5 Å². The lowest BCUT2D eigenvalue weighted by atomic mass is 10.3. The molecule has 73 valence electrons. The Hall–Kier alpha value is -2.11. The number of carboxylic acids is 1. The molecule has 0 bridgehead atoms. The van der Waals surface area contributed by atoms with Crippen molar-refractivity contribution in [1.29, 1.82) is 0 Å². The monoisotopic (exact) mass is 196 g/mol. The number of oxime groups is 1. The van der Waals surface area contributed by atoms with E-state index < -0.39 is 12.6 Å². The van der Waals surface area contributed by atoms with E-state index in [0.29, 0.717) is 0 Å². The second kappa shape index (κ2) is 4.80. The van der Waals surface area contributed by atoms with Crippen molar-refractivity contribution in [2.45, 2.75) is 0 Å². The highest BCUT2D eigenvalue weighted by molar-refractivity contribution is 6.35. The molecule has 1 radical (unpaired) electrons. The highest BCUT2D eigenvalue weighted by Gasteiger charge is 2.07. The van der Waals surface area contributed by atoms with Gasteiger partial charge in [-0.2, -0.15) is 0 Å². The number of carbonyl (C=O) groups is 1. The first kappa shape index (κ1) is 9.97. The lowest BCUT2D eigenvalue weighted by Gasteiger charge is -1.94. The number of carbonyl (C=O) groups excluding carboxylic acids is 1. The van der Waals surface area contributed by atoms with Gasteiger partial charge in [0.2, 0.25) is 6.61 Å². The van der Waals surface area contributed by atoms with Crippen LogP contribution in [0.5, 0.6) is 0 Å². The number of rotatable bonds is 5. The SMILES string of the molecule is O=[C]/C(=N/OCC(=O)O)c1ccco1. The van der Waals surface area contributed by atoms with E-state index in [1.807, 2.05) is 0 Å². The van der Waals surface area contributed by atoms with Gasteiger partial charge in [-0.3, -0.25) is 4.79 Å². The summed E-state index contributed by atoms with van der Waals surface area (Å²) < 4.78 is 4.82. The van der Waals surface area contributed by atoms with Crippen molar-refractivity contribution in [3.05, 3.63) is 24.2 Å². The Morgan fingerprint density at radius 3 is 3.00 bits per heavy atom. The van der Waals surface area contributed by atoms with Crippen LogP contribution < -0.4 is 0 Å². The van der Waals surface area contributed by atoms with Crippen LogP contribution in [0.4, 0.5) is 0 Å². The van der Waals surface area contributed by atoms with E-state index in [2.05, 4.69) is 9.99 Å². The van der Waals surface area contributed by atoms with Crippen LogP contribution in [-0.2, 0) is 14.4 Å². The summed E-state index contributed by atoms with van der Waals surface area (Å²) >= 11 is 0. The topological polar surface area (TPSA) is 89.1 Å². The summed E-state index contributed by atoms with van der Waals surface area (Å²) in [6, 6.07) is 3.03. The number of carboxylic acid groups (broad SMARTS) is 1. The summed E-state index contributed by atoms with van der Waals surface area (Å²) in [6.07, 6.45) is 2.81. The summed E-state index contributed by atoms with van der Waals surface area (Å²) in [4.78, 5) is 24.7. The lowest BCUT2D eigenvalue weighted by Crippen LogP contribution is -2.07. The maximum Gasteiger partial charge on any atom is 0.344 e. The molecule has 6 nitrogen and oxygen atoms in total. The summed E-state index contributed by atoms with van der Waals surface area (Å²) in [7, 11) is 0. The molecule has 0 unspecified atom stereocenters. The van der Waals surface area contributed by atoms with Crippen molar-refractivity contribution in [2.24, 2.45) is 5.16 Å². The van der Waals surface area contributed by atoms with Gasteiger partial charge in [0.05, 0.1) is 6.26 Å². The molecular formula is C8H6NO5. The van der Waals surface area contributed by atoms with Crippen molar-refractivity contribution in [3.63, 3.8) is 0 Å². The standard InChI is InChI=1S/C8H6NO5/c10-4-6(7-2-1-3-13-7)9-14-5-8(11)12/h1-3H,5H2,(H,11,12)/b9-6-. The predicted molar refractivity (Wildman–Crippen MR) is 44.5 cm³/mol. The Morgan fingerprint density at radius 1 is 1.71 bits per heavy atom. The number of hydrogen-bond donors (Lipinski definition) is 1. The molecule has 1 heterocycles. The molecule has 0 saturated heterocycles. The van der Waals surface area contributed by atoms with Crippen LogP contribution in [0.25, 0.3) is 0 Å². The van der Waals surface area contributed by atoms with Gasteiger partial charge in [-0.15, -0.1) is 0 Å². The van der Waals surface area contributed by atoms with Gasteiger partial charge in [-0.05, 0) is 12.1 Å². The molecule has 1 rings (SSSR count). The first-order chi connectivity index (χ1) is 6.74. The van der Waals surface area contributed by atoms with E-state index >= 15 is 0 Å². The van der Waals surface area contributed by atoms with Crippen molar-refractivity contribution >= 4 is 18.0 Å². The molecule has 0 fully saturated rings. The van der Waals surface area contributed by atoms with Crippen LogP contribution in [0.15, 0.2) is 28.0 Å². The Bertz CT molecular complexity index is 341. The van der Waals surface area contributed by atoms with E-state index in [1.165, 1.54) is 18.6 Å². The fourth-order valence-corrected chi connectivity index (χ4v) is 0.679. The lowest BCUT2D eigenvalue weighted by molar-refractivity contribution is -0.142. The van der Waals surface area contributed by atoms with Crippen molar-refractivity contribution in [2.75, 3.05) is 6.61 Å². The highest BCUT2D eigenvalue weighted by Crippen LogP contribution is 2.01. The van der Waals surface area contributed by atoms with Gasteiger partial charge < -0.3 is 14.4 Å². The zero-order chi connectivity index (χ0) is 10.4. The normalized spacial score (nSPS) is 11.0. The molecule has 0 spiro atoms. The average molecular weight is 196 g/mol. The second-order valence-corrected chi connectivity index (χ2v) is 2.19. The third kappa shape index (κ3) is 2.74. The fourth-order valence-electron chi connectivity index (χ4n) is 0.679. The molecule has 0 aliphatic heterocycles. The Morgan fingerprint density at radius 2 is 2.50 bits per heavy atom. The van der Waals surface area contributed by atoms with Crippen LogP contribution >= 0.6 is 0 Å². The highest BCUT2D eigenvalue weighted by atomic mass is 16.6. The molecule has 0 aliphatic carbocycles. The van der Waals surface area contributed by atoms with E-state index in [1.54, 1.807) is 6.07 Å². The molecule has 1 aromatic heterocycles. The maximum absolute atomic E-state index is 10.3. The van der Waals surface area contributed by atoms with E-state index in [4.69, 9.17) is 9.52 Å². The number of aliphatic carboxylic acids is 1. The van der Waals surface area contributed by atoms with Crippen LogP contribution in [-0.4, -0.2) is 29.7 Å². The van der Waals surface area contributed by atoms with Gasteiger partial charge in [-0.1, -0.05) is 5.16 Å². The fraction of sp³-hybridized carbons (Fsp3) is 0.125. The first-order valence-corrected chi connectivity index (χ1v) is 3.58. The third-order valence-electron chi connectivity index (χ3n) is 1.20. The summed E-state index contributed by atoms with van der Waals surface area (Å²) in [5.74, 6) is -1.01. The molecule has 0 saturated carbocycles. The van der Waals surface area contributed by atoms with Crippen molar-refractivity contribution in [3.8, 4) is 0 Å². The minimum absolute atomic E-state index is 0.172. The molecule has 0 atom stereocenters. The average Bonchev–Trinajstić information content (AvgIpc) is 2.64. The number of furan rings is 1. The van der Waals surface area contributed by atoms with E-state index in [-0.39, 0.29) is 11.5 Å². The van der Waals surface area contributed by atoms with Crippen molar-refractivity contribution < 1.29 is 24.0 Å². The molecule has 0 aromatic carbocycles. The second-order valence-electron chi connectivity index (χ2n) is 2.19. The zero-order valence-corrected chi connectivity index (χ0v) is 6.97. The molecule has 0 amide bonds. The third-order valence-corrected chi connectivity index (χ3v) is 1.20. The first-order valence-electron chi connectivity index (χ1n) is 3.58.